The number of imide groups is 1. The summed E-state index contributed by atoms with van der Waals surface area (Å²) < 4.78 is 5.37. The molecule has 3 aromatic rings. The summed E-state index contributed by atoms with van der Waals surface area (Å²) in [7, 11) is 0. The SMILES string of the molecule is O=C(CN1C(=O)c2ccccc2C1=O)Nc1nnc(-c2ccccc2Cl)o1. The van der Waals surface area contributed by atoms with Crippen molar-refractivity contribution in [3.63, 3.8) is 0 Å². The zero-order valence-corrected chi connectivity index (χ0v) is 14.4. The van der Waals surface area contributed by atoms with Crippen LogP contribution in [0.1, 0.15) is 20.7 Å². The maximum Gasteiger partial charge on any atom is 0.322 e. The van der Waals surface area contributed by atoms with Crippen LogP contribution >= 0.6 is 11.6 Å². The van der Waals surface area contributed by atoms with E-state index in [-0.39, 0.29) is 23.0 Å². The molecule has 1 aromatic heterocycles. The number of aromatic nitrogens is 2. The van der Waals surface area contributed by atoms with E-state index in [1.807, 2.05) is 0 Å². The van der Waals surface area contributed by atoms with Crippen molar-refractivity contribution in [3.8, 4) is 11.5 Å². The van der Waals surface area contributed by atoms with E-state index < -0.39 is 24.3 Å². The summed E-state index contributed by atoms with van der Waals surface area (Å²) in [6.07, 6.45) is 0. The molecule has 0 atom stereocenters. The van der Waals surface area contributed by atoms with Crippen LogP contribution in [-0.2, 0) is 4.79 Å². The molecule has 1 aliphatic rings. The minimum atomic E-state index is -0.640. The Morgan fingerprint density at radius 2 is 1.56 bits per heavy atom. The molecule has 27 heavy (non-hydrogen) atoms. The first kappa shape index (κ1) is 16.9. The zero-order chi connectivity index (χ0) is 19.0. The topological polar surface area (TPSA) is 105 Å². The number of nitrogens with one attached hydrogen (secondary N) is 1. The quantitative estimate of drug-likeness (QED) is 0.695. The number of halogens is 1. The van der Waals surface area contributed by atoms with E-state index in [0.717, 1.165) is 4.90 Å². The first-order chi connectivity index (χ1) is 13.0. The Balaban J connectivity index is 1.46. The molecule has 1 N–H and O–H groups in total. The van der Waals surface area contributed by atoms with E-state index in [1.165, 1.54) is 0 Å². The number of fused-ring (bicyclic) bond motifs is 1. The summed E-state index contributed by atoms with van der Waals surface area (Å²) in [6, 6.07) is 13.1. The van der Waals surface area contributed by atoms with Gasteiger partial charge in [0.05, 0.1) is 21.7 Å². The van der Waals surface area contributed by atoms with Gasteiger partial charge in [-0.3, -0.25) is 24.6 Å². The predicted octanol–water partition coefficient (Wildman–Crippen LogP) is 2.62. The van der Waals surface area contributed by atoms with Gasteiger partial charge in [-0.1, -0.05) is 41.0 Å². The van der Waals surface area contributed by atoms with E-state index in [9.17, 15) is 14.4 Å². The van der Waals surface area contributed by atoms with Crippen molar-refractivity contribution in [3.05, 3.63) is 64.7 Å². The van der Waals surface area contributed by atoms with Gasteiger partial charge in [0.2, 0.25) is 5.91 Å². The standard InChI is InChI=1S/C18H11ClN4O4/c19-13-8-4-3-7-12(13)15-21-22-18(27-15)20-14(24)9-23-16(25)10-5-1-2-6-11(10)17(23)26/h1-8H,9H2,(H,20,22,24). The van der Waals surface area contributed by atoms with Crippen LogP contribution in [0.25, 0.3) is 11.5 Å². The van der Waals surface area contributed by atoms with Crippen molar-refractivity contribution in [2.45, 2.75) is 0 Å². The van der Waals surface area contributed by atoms with Crippen LogP contribution in [0.15, 0.2) is 52.9 Å². The fourth-order valence-corrected chi connectivity index (χ4v) is 2.92. The molecule has 8 nitrogen and oxygen atoms in total. The second kappa shape index (κ2) is 6.65. The van der Waals surface area contributed by atoms with E-state index in [0.29, 0.717) is 10.6 Å². The summed E-state index contributed by atoms with van der Waals surface area (Å²) in [5.74, 6) is -1.54. The van der Waals surface area contributed by atoms with E-state index in [2.05, 4.69) is 15.5 Å². The molecule has 0 aliphatic carbocycles. The molecular formula is C18H11ClN4O4. The molecule has 3 amide bonds. The highest BCUT2D eigenvalue weighted by Crippen LogP contribution is 2.27. The van der Waals surface area contributed by atoms with Crippen molar-refractivity contribution >= 4 is 35.3 Å². The minimum Gasteiger partial charge on any atom is -0.403 e. The molecule has 0 saturated carbocycles. The highest BCUT2D eigenvalue weighted by molar-refractivity contribution is 6.33. The molecule has 0 radical (unpaired) electrons. The average molecular weight is 383 g/mol. The third-order valence-electron chi connectivity index (χ3n) is 3.96. The molecule has 0 spiro atoms. The average Bonchev–Trinajstić information content (AvgIpc) is 3.21. The molecule has 0 saturated heterocycles. The Kier molecular flexibility index (Phi) is 4.17. The first-order valence-corrected chi connectivity index (χ1v) is 8.26. The molecular weight excluding hydrogens is 372 g/mol. The molecule has 0 fully saturated rings. The van der Waals surface area contributed by atoms with Crippen LogP contribution in [0.4, 0.5) is 6.01 Å². The summed E-state index contributed by atoms with van der Waals surface area (Å²) >= 11 is 6.07. The predicted molar refractivity (Wildman–Crippen MR) is 95.2 cm³/mol. The minimum absolute atomic E-state index is 0.136. The first-order valence-electron chi connectivity index (χ1n) is 7.88. The van der Waals surface area contributed by atoms with Crippen LogP contribution in [0.2, 0.25) is 5.02 Å². The second-order valence-electron chi connectivity index (χ2n) is 5.68. The second-order valence-corrected chi connectivity index (χ2v) is 6.09. The normalized spacial score (nSPS) is 13.0. The van der Waals surface area contributed by atoms with Crippen LogP contribution in [0.5, 0.6) is 0 Å². The number of carbonyl (C=O) groups excluding carboxylic acids is 3. The fourth-order valence-electron chi connectivity index (χ4n) is 2.70. The number of amides is 3. The number of carbonyl (C=O) groups is 3. The van der Waals surface area contributed by atoms with Crippen LogP contribution < -0.4 is 5.32 Å². The third kappa shape index (κ3) is 3.06. The molecule has 9 heteroatoms. The Morgan fingerprint density at radius 1 is 0.963 bits per heavy atom. The highest BCUT2D eigenvalue weighted by atomic mass is 35.5. The zero-order valence-electron chi connectivity index (χ0n) is 13.7. The van der Waals surface area contributed by atoms with Gasteiger partial charge >= 0.3 is 6.01 Å². The fraction of sp³-hybridized carbons (Fsp3) is 0.0556. The number of hydrogen-bond donors (Lipinski definition) is 1. The van der Waals surface area contributed by atoms with Gasteiger partial charge < -0.3 is 4.42 Å². The lowest BCUT2D eigenvalue weighted by molar-refractivity contribution is -0.116. The van der Waals surface area contributed by atoms with Crippen LogP contribution in [0.3, 0.4) is 0 Å². The Bertz CT molecular complexity index is 1040. The van der Waals surface area contributed by atoms with Gasteiger partial charge in [0.1, 0.15) is 6.54 Å². The smallest absolute Gasteiger partial charge is 0.322 e. The number of anilines is 1. The lowest BCUT2D eigenvalue weighted by atomic mass is 10.1. The summed E-state index contributed by atoms with van der Waals surface area (Å²) in [5, 5.41) is 10.4. The van der Waals surface area contributed by atoms with Gasteiger partial charge in [-0.25, -0.2) is 0 Å². The third-order valence-corrected chi connectivity index (χ3v) is 4.29. The van der Waals surface area contributed by atoms with Gasteiger partial charge in [-0.05, 0) is 24.3 Å². The van der Waals surface area contributed by atoms with E-state index in [1.54, 1.807) is 48.5 Å². The van der Waals surface area contributed by atoms with Crippen LogP contribution in [-0.4, -0.2) is 39.4 Å². The van der Waals surface area contributed by atoms with Gasteiger partial charge in [0.15, 0.2) is 0 Å². The molecule has 134 valence electrons. The van der Waals surface area contributed by atoms with Crippen LogP contribution in [0, 0.1) is 0 Å². The van der Waals surface area contributed by atoms with Gasteiger partial charge in [0, 0.05) is 0 Å². The van der Waals surface area contributed by atoms with Crippen molar-refractivity contribution in [1.82, 2.24) is 15.1 Å². The maximum atomic E-state index is 12.3. The Labute approximate surface area is 157 Å². The molecule has 2 aromatic carbocycles. The lowest BCUT2D eigenvalue weighted by Crippen LogP contribution is -2.37. The van der Waals surface area contributed by atoms with Crippen molar-refractivity contribution in [2.75, 3.05) is 11.9 Å². The summed E-state index contributed by atoms with van der Waals surface area (Å²) in [6.45, 7) is -0.462. The maximum absolute atomic E-state index is 12.3. The number of nitrogens with zero attached hydrogens (tertiary/aromatic N) is 3. The molecule has 1 aliphatic heterocycles. The highest BCUT2D eigenvalue weighted by Gasteiger charge is 2.36. The van der Waals surface area contributed by atoms with Crippen molar-refractivity contribution in [2.24, 2.45) is 0 Å². The molecule has 0 unspecified atom stereocenters. The molecule has 0 bridgehead atoms. The summed E-state index contributed by atoms with van der Waals surface area (Å²) in [4.78, 5) is 37.6. The molecule has 4 rings (SSSR count). The monoisotopic (exact) mass is 382 g/mol. The summed E-state index contributed by atoms with van der Waals surface area (Å²) in [5.41, 5.74) is 1.07. The van der Waals surface area contributed by atoms with Crippen molar-refractivity contribution in [1.29, 1.82) is 0 Å². The number of benzene rings is 2. The largest absolute Gasteiger partial charge is 0.403 e. The Morgan fingerprint density at radius 3 is 2.19 bits per heavy atom. The number of rotatable bonds is 4. The van der Waals surface area contributed by atoms with Crippen molar-refractivity contribution < 1.29 is 18.8 Å². The Hall–Kier alpha value is -3.52. The van der Waals surface area contributed by atoms with Gasteiger partial charge in [0.25, 0.3) is 17.7 Å². The van der Waals surface area contributed by atoms with Gasteiger partial charge in [-0.15, -0.1) is 5.10 Å². The number of hydrogen-bond acceptors (Lipinski definition) is 6. The van der Waals surface area contributed by atoms with Gasteiger partial charge in [-0.2, -0.15) is 0 Å². The van der Waals surface area contributed by atoms with E-state index in [4.69, 9.17) is 16.0 Å². The van der Waals surface area contributed by atoms with E-state index >= 15 is 0 Å². The molecule has 2 heterocycles. The lowest BCUT2D eigenvalue weighted by Gasteiger charge is -2.12.